The molecule has 0 bridgehead atoms. The van der Waals surface area contributed by atoms with Crippen molar-refractivity contribution < 1.29 is 18.9 Å². The van der Waals surface area contributed by atoms with Gasteiger partial charge in [0.05, 0.1) is 27.4 Å². The van der Waals surface area contributed by atoms with Gasteiger partial charge in [-0.05, 0) is 12.1 Å². The van der Waals surface area contributed by atoms with Crippen molar-refractivity contribution in [2.24, 2.45) is 0 Å². The fraction of sp³-hybridized carbons (Fsp3) is 0.294. The molecule has 1 aliphatic heterocycles. The van der Waals surface area contributed by atoms with Gasteiger partial charge in [-0.2, -0.15) is 0 Å². The van der Waals surface area contributed by atoms with Crippen molar-refractivity contribution in [3.63, 3.8) is 0 Å². The van der Waals surface area contributed by atoms with Crippen LogP contribution in [-0.2, 0) is 9.47 Å². The van der Waals surface area contributed by atoms with E-state index >= 15 is 0 Å². The van der Waals surface area contributed by atoms with Gasteiger partial charge in [-0.1, -0.05) is 30.3 Å². The van der Waals surface area contributed by atoms with E-state index in [4.69, 9.17) is 18.9 Å². The highest BCUT2D eigenvalue weighted by atomic mass is 16.7. The first-order valence-electron chi connectivity index (χ1n) is 6.88. The maximum Gasteiger partial charge on any atom is 0.184 e. The second-order valence-electron chi connectivity index (χ2n) is 4.70. The smallest absolute Gasteiger partial charge is 0.184 e. The monoisotopic (exact) mass is 286 g/mol. The highest BCUT2D eigenvalue weighted by Crippen LogP contribution is 2.42. The predicted octanol–water partition coefficient (Wildman–Crippen LogP) is 3.42. The Morgan fingerprint density at radius 2 is 1.52 bits per heavy atom. The Kier molecular flexibility index (Phi) is 4.08. The predicted molar refractivity (Wildman–Crippen MR) is 79.6 cm³/mol. The fourth-order valence-electron chi connectivity index (χ4n) is 2.59. The van der Waals surface area contributed by atoms with Crippen LogP contribution >= 0.6 is 0 Å². The summed E-state index contributed by atoms with van der Waals surface area (Å²) in [5.74, 6) is 1.57. The summed E-state index contributed by atoms with van der Waals surface area (Å²) in [5, 5.41) is 0. The fourth-order valence-corrected chi connectivity index (χ4v) is 2.59. The Labute approximate surface area is 124 Å². The molecule has 110 valence electrons. The molecule has 0 unspecified atom stereocenters. The first-order chi connectivity index (χ1) is 10.3. The highest BCUT2D eigenvalue weighted by Gasteiger charge is 2.25. The van der Waals surface area contributed by atoms with E-state index < -0.39 is 0 Å². The zero-order valence-electron chi connectivity index (χ0n) is 12.2. The third-order valence-corrected chi connectivity index (χ3v) is 3.53. The number of benzene rings is 2. The van der Waals surface area contributed by atoms with Gasteiger partial charge >= 0.3 is 0 Å². The average Bonchev–Trinajstić information content (AvgIpc) is 3.08. The van der Waals surface area contributed by atoms with Crippen molar-refractivity contribution in [1.82, 2.24) is 0 Å². The van der Waals surface area contributed by atoms with E-state index in [-0.39, 0.29) is 6.29 Å². The van der Waals surface area contributed by atoms with Gasteiger partial charge < -0.3 is 18.9 Å². The van der Waals surface area contributed by atoms with Crippen LogP contribution in [0.25, 0.3) is 11.1 Å². The van der Waals surface area contributed by atoms with Crippen LogP contribution in [-0.4, -0.2) is 27.4 Å². The van der Waals surface area contributed by atoms with Crippen LogP contribution in [0.1, 0.15) is 11.9 Å². The Morgan fingerprint density at radius 3 is 2.24 bits per heavy atom. The first kappa shape index (κ1) is 13.9. The van der Waals surface area contributed by atoms with Crippen LogP contribution in [0.15, 0.2) is 42.5 Å². The molecule has 0 aromatic heterocycles. The van der Waals surface area contributed by atoms with Crippen LogP contribution in [0.2, 0.25) is 0 Å². The first-order valence-corrected chi connectivity index (χ1v) is 6.88. The summed E-state index contributed by atoms with van der Waals surface area (Å²) in [5.41, 5.74) is 2.87. The van der Waals surface area contributed by atoms with E-state index in [0.717, 1.165) is 28.2 Å². The molecule has 0 atom stereocenters. The molecule has 1 fully saturated rings. The van der Waals surface area contributed by atoms with E-state index in [1.165, 1.54) is 0 Å². The lowest BCUT2D eigenvalue weighted by molar-refractivity contribution is -0.0437. The van der Waals surface area contributed by atoms with Crippen molar-refractivity contribution >= 4 is 0 Å². The second kappa shape index (κ2) is 6.16. The Hall–Kier alpha value is -2.04. The lowest BCUT2D eigenvalue weighted by atomic mass is 9.97. The van der Waals surface area contributed by atoms with E-state index in [9.17, 15) is 0 Å². The molecule has 21 heavy (non-hydrogen) atoms. The lowest BCUT2D eigenvalue weighted by Gasteiger charge is -2.19. The molecule has 0 saturated carbocycles. The normalized spacial score (nSPS) is 15.1. The molecule has 2 aromatic carbocycles. The number of hydrogen-bond donors (Lipinski definition) is 0. The lowest BCUT2D eigenvalue weighted by Crippen LogP contribution is -2.03. The summed E-state index contributed by atoms with van der Waals surface area (Å²) in [6, 6.07) is 13.7. The molecule has 0 N–H and O–H groups in total. The summed E-state index contributed by atoms with van der Waals surface area (Å²) in [6.07, 6.45) is -0.361. The maximum atomic E-state index is 5.66. The van der Waals surface area contributed by atoms with Crippen LogP contribution in [0.4, 0.5) is 0 Å². The molecular formula is C17H18O4. The van der Waals surface area contributed by atoms with Crippen LogP contribution in [0.5, 0.6) is 11.5 Å². The molecule has 0 spiro atoms. The van der Waals surface area contributed by atoms with Gasteiger partial charge in [0.1, 0.15) is 11.5 Å². The highest BCUT2D eigenvalue weighted by molar-refractivity contribution is 5.79. The standard InChI is InChI=1S/C17H18O4/c1-18-14-8-4-3-6-12(14)16-13(17-20-10-11-21-17)7-5-9-15(16)19-2/h3-9,17H,10-11H2,1-2H3. The van der Waals surface area contributed by atoms with Crippen molar-refractivity contribution in [2.75, 3.05) is 27.4 Å². The topological polar surface area (TPSA) is 36.9 Å². The average molecular weight is 286 g/mol. The van der Waals surface area contributed by atoms with Crippen molar-refractivity contribution in [2.45, 2.75) is 6.29 Å². The van der Waals surface area contributed by atoms with E-state index in [0.29, 0.717) is 13.2 Å². The molecule has 4 nitrogen and oxygen atoms in total. The van der Waals surface area contributed by atoms with Gasteiger partial charge in [-0.15, -0.1) is 0 Å². The van der Waals surface area contributed by atoms with Gasteiger partial charge in [0, 0.05) is 16.7 Å². The number of methoxy groups -OCH3 is 2. The van der Waals surface area contributed by atoms with Gasteiger partial charge in [0.25, 0.3) is 0 Å². The summed E-state index contributed by atoms with van der Waals surface area (Å²) >= 11 is 0. The third kappa shape index (κ3) is 2.60. The third-order valence-electron chi connectivity index (χ3n) is 3.53. The van der Waals surface area contributed by atoms with Crippen LogP contribution in [0.3, 0.4) is 0 Å². The zero-order chi connectivity index (χ0) is 14.7. The van der Waals surface area contributed by atoms with Crippen molar-refractivity contribution in [3.05, 3.63) is 48.0 Å². The van der Waals surface area contributed by atoms with Gasteiger partial charge in [-0.3, -0.25) is 0 Å². The molecular weight excluding hydrogens is 268 g/mol. The summed E-state index contributed by atoms with van der Waals surface area (Å²) in [7, 11) is 3.32. The molecule has 1 heterocycles. The molecule has 0 aliphatic carbocycles. The van der Waals surface area contributed by atoms with Gasteiger partial charge in [0.15, 0.2) is 6.29 Å². The second-order valence-corrected chi connectivity index (χ2v) is 4.70. The van der Waals surface area contributed by atoms with Gasteiger partial charge in [-0.25, -0.2) is 0 Å². The van der Waals surface area contributed by atoms with Crippen molar-refractivity contribution in [3.8, 4) is 22.6 Å². The molecule has 3 rings (SSSR count). The molecule has 2 aromatic rings. The molecule has 4 heteroatoms. The van der Waals surface area contributed by atoms with E-state index in [1.54, 1.807) is 14.2 Å². The Morgan fingerprint density at radius 1 is 0.857 bits per heavy atom. The SMILES string of the molecule is COc1ccccc1-c1c(OC)cccc1C1OCCO1. The summed E-state index contributed by atoms with van der Waals surface area (Å²) < 4.78 is 22.3. The quantitative estimate of drug-likeness (QED) is 0.863. The zero-order valence-corrected chi connectivity index (χ0v) is 12.2. The summed E-state index contributed by atoms with van der Waals surface area (Å²) in [4.78, 5) is 0. The van der Waals surface area contributed by atoms with Crippen molar-refractivity contribution in [1.29, 1.82) is 0 Å². The largest absolute Gasteiger partial charge is 0.496 e. The molecule has 0 radical (unpaired) electrons. The van der Waals surface area contributed by atoms with Gasteiger partial charge in [0.2, 0.25) is 0 Å². The number of rotatable bonds is 4. The summed E-state index contributed by atoms with van der Waals surface area (Å²) in [6.45, 7) is 1.21. The maximum absolute atomic E-state index is 5.66. The molecule has 0 amide bonds. The van der Waals surface area contributed by atoms with Crippen LogP contribution < -0.4 is 9.47 Å². The Balaban J connectivity index is 2.19. The number of hydrogen-bond acceptors (Lipinski definition) is 4. The van der Waals surface area contributed by atoms with E-state index in [1.807, 2.05) is 42.5 Å². The number of para-hydroxylation sites is 1. The minimum atomic E-state index is -0.361. The molecule has 1 aliphatic rings. The number of ether oxygens (including phenoxy) is 4. The minimum absolute atomic E-state index is 0.361. The van der Waals surface area contributed by atoms with Crippen LogP contribution in [0, 0.1) is 0 Å². The minimum Gasteiger partial charge on any atom is -0.496 e. The van der Waals surface area contributed by atoms with E-state index in [2.05, 4.69) is 0 Å². The Bertz CT molecular complexity index is 618. The molecule has 1 saturated heterocycles.